The predicted octanol–water partition coefficient (Wildman–Crippen LogP) is 3.37. The molecule has 0 aliphatic heterocycles. The van der Waals surface area contributed by atoms with Crippen LogP contribution in [0.3, 0.4) is 0 Å². The van der Waals surface area contributed by atoms with Crippen LogP contribution in [0.2, 0.25) is 10.0 Å². The Morgan fingerprint density at radius 3 is 2.86 bits per heavy atom. The summed E-state index contributed by atoms with van der Waals surface area (Å²) in [5.41, 5.74) is -0.280. The van der Waals surface area contributed by atoms with Crippen LogP contribution in [0.4, 0.5) is 0 Å². The number of benzene rings is 1. The van der Waals surface area contributed by atoms with Gasteiger partial charge in [-0.3, -0.25) is 9.36 Å². The lowest BCUT2D eigenvalue weighted by molar-refractivity contribution is -0.135. The number of nitrogens with zero attached hydrogens (tertiary/aromatic N) is 2. The minimum absolute atomic E-state index is 0.238. The van der Waals surface area contributed by atoms with E-state index in [0.29, 0.717) is 15.2 Å². The van der Waals surface area contributed by atoms with E-state index in [1.807, 2.05) is 0 Å². The van der Waals surface area contributed by atoms with Crippen LogP contribution in [0.15, 0.2) is 40.8 Å². The number of carbonyl (C=O) groups excluding carboxylic acids is 1. The van der Waals surface area contributed by atoms with Gasteiger partial charge in [0.2, 0.25) is 0 Å². The van der Waals surface area contributed by atoms with Crippen molar-refractivity contribution in [1.82, 2.24) is 9.55 Å². The zero-order valence-corrected chi connectivity index (χ0v) is 13.3. The second kappa shape index (κ2) is 6.08. The molecule has 0 atom stereocenters. The minimum Gasteiger partial charge on any atom is -0.425 e. The number of thiophene rings is 1. The van der Waals surface area contributed by atoms with Gasteiger partial charge in [0.05, 0.1) is 21.8 Å². The molecule has 22 heavy (non-hydrogen) atoms. The molecule has 2 aromatic heterocycles. The summed E-state index contributed by atoms with van der Waals surface area (Å²) in [4.78, 5) is 28.8. The van der Waals surface area contributed by atoms with Gasteiger partial charge in [0.25, 0.3) is 5.56 Å². The molecular formula is C14H8Cl2N2O3S. The van der Waals surface area contributed by atoms with Gasteiger partial charge in [0.1, 0.15) is 17.1 Å². The summed E-state index contributed by atoms with van der Waals surface area (Å²) in [5, 5.41) is 2.90. The maximum absolute atomic E-state index is 12.2. The van der Waals surface area contributed by atoms with Gasteiger partial charge in [-0.15, -0.1) is 11.3 Å². The molecule has 3 aromatic rings. The third-order valence-electron chi connectivity index (χ3n) is 2.87. The van der Waals surface area contributed by atoms with E-state index in [-0.39, 0.29) is 22.9 Å². The summed E-state index contributed by atoms with van der Waals surface area (Å²) in [6.45, 7) is -0.238. The van der Waals surface area contributed by atoms with Crippen molar-refractivity contribution in [3.8, 4) is 5.75 Å². The Kier molecular flexibility index (Phi) is 4.15. The molecule has 0 spiro atoms. The van der Waals surface area contributed by atoms with E-state index in [9.17, 15) is 9.59 Å². The van der Waals surface area contributed by atoms with Gasteiger partial charge in [-0.1, -0.05) is 23.2 Å². The number of aromatic nitrogens is 2. The van der Waals surface area contributed by atoms with Crippen molar-refractivity contribution in [3.63, 3.8) is 0 Å². The van der Waals surface area contributed by atoms with Gasteiger partial charge in [-0.25, -0.2) is 9.78 Å². The van der Waals surface area contributed by atoms with E-state index < -0.39 is 5.97 Å². The standard InChI is InChI=1S/C14H8Cl2N2O3S/c15-10-2-1-8(5-11(10)16)21-12(19)6-18-7-17-13-9(14(18)20)3-4-22-13/h1-5,7H,6H2. The van der Waals surface area contributed by atoms with E-state index in [0.717, 1.165) is 0 Å². The highest BCUT2D eigenvalue weighted by Gasteiger charge is 2.11. The molecule has 0 fully saturated rings. The zero-order chi connectivity index (χ0) is 15.7. The van der Waals surface area contributed by atoms with Crippen LogP contribution >= 0.6 is 34.5 Å². The van der Waals surface area contributed by atoms with Crippen molar-refractivity contribution >= 4 is 50.7 Å². The molecule has 5 nitrogen and oxygen atoms in total. The highest BCUT2D eigenvalue weighted by atomic mass is 35.5. The number of rotatable bonds is 3. The van der Waals surface area contributed by atoms with Crippen molar-refractivity contribution in [2.75, 3.05) is 0 Å². The molecule has 3 rings (SSSR count). The van der Waals surface area contributed by atoms with Crippen LogP contribution in [-0.2, 0) is 11.3 Å². The topological polar surface area (TPSA) is 61.2 Å². The van der Waals surface area contributed by atoms with Crippen LogP contribution in [-0.4, -0.2) is 15.5 Å². The largest absolute Gasteiger partial charge is 0.425 e. The summed E-state index contributed by atoms with van der Waals surface area (Å²) in [6, 6.07) is 6.16. The van der Waals surface area contributed by atoms with Gasteiger partial charge in [0.15, 0.2) is 0 Å². The van der Waals surface area contributed by atoms with Crippen molar-refractivity contribution < 1.29 is 9.53 Å². The number of esters is 1. The third-order valence-corrected chi connectivity index (χ3v) is 4.43. The number of halogens is 2. The van der Waals surface area contributed by atoms with Crippen molar-refractivity contribution in [2.45, 2.75) is 6.54 Å². The molecule has 0 aliphatic rings. The highest BCUT2D eigenvalue weighted by molar-refractivity contribution is 7.16. The third kappa shape index (κ3) is 2.99. The first-order valence-electron chi connectivity index (χ1n) is 6.13. The second-order valence-corrected chi connectivity index (χ2v) is 6.08. The number of hydrogen-bond acceptors (Lipinski definition) is 5. The molecule has 0 N–H and O–H groups in total. The fourth-order valence-corrected chi connectivity index (χ4v) is 2.86. The molecule has 0 amide bonds. The molecular weight excluding hydrogens is 347 g/mol. The summed E-state index contributed by atoms with van der Waals surface area (Å²) < 4.78 is 6.34. The lowest BCUT2D eigenvalue weighted by Crippen LogP contribution is -2.26. The maximum Gasteiger partial charge on any atom is 0.331 e. The van der Waals surface area contributed by atoms with Crippen LogP contribution in [0.5, 0.6) is 5.75 Å². The Morgan fingerprint density at radius 1 is 1.27 bits per heavy atom. The minimum atomic E-state index is -0.600. The molecule has 2 heterocycles. The lowest BCUT2D eigenvalue weighted by Gasteiger charge is -2.07. The number of ether oxygens (including phenoxy) is 1. The fourth-order valence-electron chi connectivity index (χ4n) is 1.85. The fraction of sp³-hybridized carbons (Fsp3) is 0.0714. The number of carbonyl (C=O) groups is 1. The molecule has 1 aromatic carbocycles. The molecule has 0 unspecified atom stereocenters. The first-order valence-corrected chi connectivity index (χ1v) is 7.76. The average molecular weight is 355 g/mol. The normalized spacial score (nSPS) is 10.8. The first kappa shape index (κ1) is 15.0. The Morgan fingerprint density at radius 2 is 2.09 bits per heavy atom. The SMILES string of the molecule is O=C(Cn1cnc2sccc2c1=O)Oc1ccc(Cl)c(Cl)c1. The predicted molar refractivity (Wildman–Crippen MR) is 86.0 cm³/mol. The van der Waals surface area contributed by atoms with Crippen molar-refractivity contribution in [3.05, 3.63) is 56.4 Å². The molecule has 0 bridgehead atoms. The van der Waals surface area contributed by atoms with Gasteiger partial charge in [-0.05, 0) is 23.6 Å². The van der Waals surface area contributed by atoms with Gasteiger partial charge < -0.3 is 4.74 Å². The number of hydrogen-bond donors (Lipinski definition) is 0. The highest BCUT2D eigenvalue weighted by Crippen LogP contribution is 2.26. The van der Waals surface area contributed by atoms with Crippen molar-refractivity contribution in [2.24, 2.45) is 0 Å². The van der Waals surface area contributed by atoms with Crippen LogP contribution < -0.4 is 10.3 Å². The first-order chi connectivity index (χ1) is 10.5. The van der Waals surface area contributed by atoms with E-state index in [4.69, 9.17) is 27.9 Å². The van der Waals surface area contributed by atoms with Crippen LogP contribution in [0.25, 0.3) is 10.2 Å². The molecule has 8 heteroatoms. The van der Waals surface area contributed by atoms with E-state index in [1.165, 1.54) is 40.4 Å². The number of fused-ring (bicyclic) bond motifs is 1. The zero-order valence-electron chi connectivity index (χ0n) is 11.0. The summed E-state index contributed by atoms with van der Waals surface area (Å²) in [7, 11) is 0. The Labute approximate surface area is 138 Å². The second-order valence-electron chi connectivity index (χ2n) is 4.37. The molecule has 0 saturated heterocycles. The smallest absolute Gasteiger partial charge is 0.331 e. The van der Waals surface area contributed by atoms with Crippen LogP contribution in [0.1, 0.15) is 0 Å². The molecule has 0 aliphatic carbocycles. The maximum atomic E-state index is 12.2. The Hall–Kier alpha value is -1.89. The Bertz CT molecular complexity index is 920. The average Bonchev–Trinajstić information content (AvgIpc) is 2.95. The van der Waals surface area contributed by atoms with Gasteiger partial charge in [-0.2, -0.15) is 0 Å². The molecule has 112 valence electrons. The van der Waals surface area contributed by atoms with Gasteiger partial charge >= 0.3 is 5.97 Å². The molecule has 0 radical (unpaired) electrons. The quantitative estimate of drug-likeness (QED) is 0.534. The van der Waals surface area contributed by atoms with E-state index >= 15 is 0 Å². The van der Waals surface area contributed by atoms with Crippen LogP contribution in [0, 0.1) is 0 Å². The Balaban J connectivity index is 1.79. The van der Waals surface area contributed by atoms with Gasteiger partial charge in [0, 0.05) is 6.07 Å². The summed E-state index contributed by atoms with van der Waals surface area (Å²) >= 11 is 13.0. The molecule has 0 saturated carbocycles. The summed E-state index contributed by atoms with van der Waals surface area (Å²) in [5.74, 6) is -0.339. The monoisotopic (exact) mass is 354 g/mol. The van der Waals surface area contributed by atoms with E-state index in [1.54, 1.807) is 11.4 Å². The van der Waals surface area contributed by atoms with E-state index in [2.05, 4.69) is 4.98 Å². The summed E-state index contributed by atoms with van der Waals surface area (Å²) in [6.07, 6.45) is 1.33. The lowest BCUT2D eigenvalue weighted by atomic mass is 10.3. The van der Waals surface area contributed by atoms with Crippen molar-refractivity contribution in [1.29, 1.82) is 0 Å².